The summed E-state index contributed by atoms with van der Waals surface area (Å²) in [6.07, 6.45) is -0.539. The summed E-state index contributed by atoms with van der Waals surface area (Å²) < 4.78 is 38.3. The number of hydrogen-bond acceptors (Lipinski definition) is 6. The first-order chi connectivity index (χ1) is 15.5. The van der Waals surface area contributed by atoms with Crippen molar-refractivity contribution in [3.8, 4) is 0 Å². The van der Waals surface area contributed by atoms with Crippen LogP contribution in [0, 0.1) is 11.8 Å². The number of rotatable bonds is 10. The Labute approximate surface area is 191 Å². The summed E-state index contributed by atoms with van der Waals surface area (Å²) in [6.45, 7) is 4.25. The molecule has 2 aliphatic rings. The second kappa shape index (κ2) is 10.3. The molecule has 1 aromatic rings. The average molecular weight is 470 g/mol. The van der Waals surface area contributed by atoms with Crippen LogP contribution in [0.4, 0.5) is 19.0 Å². The summed E-state index contributed by atoms with van der Waals surface area (Å²) >= 11 is 0. The molecular formula is C21H30BF3N4O4. The topological polar surface area (TPSA) is 115 Å². The lowest BCUT2D eigenvalue weighted by Crippen LogP contribution is -2.61. The molecule has 0 aromatic carbocycles. The third-order valence-corrected chi connectivity index (χ3v) is 6.00. The number of carbonyl (C=O) groups is 2. The van der Waals surface area contributed by atoms with E-state index < -0.39 is 48.7 Å². The third-order valence-electron chi connectivity index (χ3n) is 6.00. The van der Waals surface area contributed by atoms with Gasteiger partial charge in [0.2, 0.25) is 11.8 Å². The first-order valence-corrected chi connectivity index (χ1v) is 11.2. The van der Waals surface area contributed by atoms with Crippen LogP contribution in [0.25, 0.3) is 0 Å². The number of nitrogens with one attached hydrogen (secondary N) is 2. The van der Waals surface area contributed by atoms with E-state index in [4.69, 9.17) is 0 Å². The summed E-state index contributed by atoms with van der Waals surface area (Å²) in [6, 6.07) is 0.684. The number of alkyl halides is 3. The maximum Gasteiger partial charge on any atom is 0.475 e. The summed E-state index contributed by atoms with van der Waals surface area (Å²) in [5, 5.41) is 24.6. The van der Waals surface area contributed by atoms with E-state index in [0.29, 0.717) is 31.7 Å². The van der Waals surface area contributed by atoms with Gasteiger partial charge in [-0.2, -0.15) is 13.2 Å². The largest absolute Gasteiger partial charge is 0.475 e. The fourth-order valence-corrected chi connectivity index (χ4v) is 3.89. The smallest absolute Gasteiger partial charge is 0.426 e. The van der Waals surface area contributed by atoms with E-state index in [9.17, 15) is 32.8 Å². The van der Waals surface area contributed by atoms with Crippen molar-refractivity contribution in [2.75, 3.05) is 11.4 Å². The van der Waals surface area contributed by atoms with Crippen molar-refractivity contribution in [1.82, 2.24) is 15.6 Å². The molecule has 0 spiro atoms. The number of anilines is 1. The van der Waals surface area contributed by atoms with Crippen LogP contribution in [0.5, 0.6) is 0 Å². The maximum absolute atomic E-state index is 12.9. The van der Waals surface area contributed by atoms with Gasteiger partial charge in [0.15, 0.2) is 0 Å². The van der Waals surface area contributed by atoms with Gasteiger partial charge < -0.3 is 25.6 Å². The molecule has 1 aromatic heterocycles. The quantitative estimate of drug-likeness (QED) is 0.386. The maximum atomic E-state index is 12.9. The molecule has 1 saturated carbocycles. The van der Waals surface area contributed by atoms with E-state index in [2.05, 4.69) is 15.6 Å². The van der Waals surface area contributed by atoms with E-state index in [0.717, 1.165) is 25.1 Å². The first-order valence-electron chi connectivity index (χ1n) is 11.2. The van der Waals surface area contributed by atoms with Crippen molar-refractivity contribution >= 4 is 24.8 Å². The van der Waals surface area contributed by atoms with Gasteiger partial charge in [0.25, 0.3) is 0 Å². The molecule has 33 heavy (non-hydrogen) atoms. The summed E-state index contributed by atoms with van der Waals surface area (Å²) in [5.41, 5.74) is -0.865. The van der Waals surface area contributed by atoms with Crippen molar-refractivity contribution in [2.24, 2.45) is 11.8 Å². The zero-order chi connectivity index (χ0) is 24.3. The van der Waals surface area contributed by atoms with Crippen LogP contribution >= 0.6 is 0 Å². The van der Waals surface area contributed by atoms with Crippen molar-refractivity contribution in [2.45, 2.75) is 70.2 Å². The molecule has 3 rings (SSSR count). The molecule has 8 nitrogen and oxygen atoms in total. The molecule has 2 heterocycles. The van der Waals surface area contributed by atoms with Gasteiger partial charge in [-0.25, -0.2) is 4.98 Å². The minimum absolute atomic E-state index is 0.119. The SMILES string of the molecule is CC(C)CC(NC(=O)[C@H](CC1CC1)NC(=O)[C@@H]1CCN1c1ccc(C(F)(F)F)cn1)B(O)O. The number of aromatic nitrogens is 1. The van der Waals surface area contributed by atoms with E-state index in [1.807, 2.05) is 13.8 Å². The predicted molar refractivity (Wildman–Crippen MR) is 116 cm³/mol. The molecular weight excluding hydrogens is 440 g/mol. The average Bonchev–Trinajstić information content (AvgIpc) is 3.49. The Morgan fingerprint density at radius 2 is 1.91 bits per heavy atom. The Hall–Kier alpha value is -2.34. The van der Waals surface area contributed by atoms with Crippen molar-refractivity contribution in [3.63, 3.8) is 0 Å². The van der Waals surface area contributed by atoms with Gasteiger partial charge in [-0.3, -0.25) is 9.59 Å². The Morgan fingerprint density at radius 3 is 2.36 bits per heavy atom. The fraction of sp³-hybridized carbons (Fsp3) is 0.667. The molecule has 12 heteroatoms. The molecule has 182 valence electrons. The summed E-state index contributed by atoms with van der Waals surface area (Å²) in [5.74, 6) is -1.04. The third kappa shape index (κ3) is 6.83. The molecule has 4 N–H and O–H groups in total. The van der Waals surface area contributed by atoms with E-state index in [-0.39, 0.29) is 11.7 Å². The van der Waals surface area contributed by atoms with Crippen LogP contribution < -0.4 is 15.5 Å². The van der Waals surface area contributed by atoms with Crippen LogP contribution in [-0.4, -0.2) is 58.5 Å². The van der Waals surface area contributed by atoms with Crippen LogP contribution in [-0.2, 0) is 15.8 Å². The monoisotopic (exact) mass is 470 g/mol. The Bertz CT molecular complexity index is 834. The van der Waals surface area contributed by atoms with Gasteiger partial charge in [-0.05, 0) is 43.2 Å². The highest BCUT2D eigenvalue weighted by molar-refractivity contribution is 6.43. The number of carbonyl (C=O) groups excluding carboxylic acids is 2. The Morgan fingerprint density at radius 1 is 1.21 bits per heavy atom. The first kappa shape index (κ1) is 25.3. The Balaban J connectivity index is 1.64. The van der Waals surface area contributed by atoms with Crippen LogP contribution in [0.15, 0.2) is 18.3 Å². The highest BCUT2D eigenvalue weighted by Crippen LogP contribution is 2.34. The van der Waals surface area contributed by atoms with Crippen LogP contribution in [0.3, 0.4) is 0 Å². The molecule has 1 saturated heterocycles. The molecule has 0 radical (unpaired) electrons. The molecule has 3 atom stereocenters. The van der Waals surface area contributed by atoms with E-state index in [1.54, 1.807) is 4.90 Å². The summed E-state index contributed by atoms with van der Waals surface area (Å²) in [4.78, 5) is 31.2. The highest BCUT2D eigenvalue weighted by atomic mass is 19.4. The minimum atomic E-state index is -4.49. The highest BCUT2D eigenvalue weighted by Gasteiger charge is 2.39. The van der Waals surface area contributed by atoms with Gasteiger partial charge in [0.1, 0.15) is 17.9 Å². The molecule has 1 unspecified atom stereocenters. The number of pyridine rings is 1. The van der Waals surface area contributed by atoms with Gasteiger partial charge >= 0.3 is 13.3 Å². The van der Waals surface area contributed by atoms with Crippen molar-refractivity contribution < 1.29 is 32.8 Å². The standard InChI is InChI=1S/C21H30BF3N4O4/c1-12(2)9-17(22(32)33)28-19(30)15(10-13-3-4-13)27-20(31)16-7-8-29(16)18-6-5-14(11-26-18)21(23,24)25/h5-6,11-13,15-17,32-33H,3-4,7-10H2,1-2H3,(H,27,31)(H,28,30)/t15-,16-,17?/m0/s1. The van der Waals surface area contributed by atoms with Crippen LogP contribution in [0.1, 0.15) is 51.5 Å². The lowest BCUT2D eigenvalue weighted by atomic mass is 9.75. The van der Waals surface area contributed by atoms with Gasteiger partial charge in [0.05, 0.1) is 11.5 Å². The predicted octanol–water partition coefficient (Wildman–Crippen LogP) is 1.51. The zero-order valence-electron chi connectivity index (χ0n) is 18.7. The van der Waals surface area contributed by atoms with Gasteiger partial charge in [0, 0.05) is 12.7 Å². The number of nitrogens with zero attached hydrogens (tertiary/aromatic N) is 2. The van der Waals surface area contributed by atoms with Crippen LogP contribution in [0.2, 0.25) is 0 Å². The Kier molecular flexibility index (Phi) is 7.89. The molecule has 0 bridgehead atoms. The van der Waals surface area contributed by atoms with E-state index in [1.165, 1.54) is 6.07 Å². The second-order valence-electron chi connectivity index (χ2n) is 9.30. The van der Waals surface area contributed by atoms with Gasteiger partial charge in [-0.1, -0.05) is 26.7 Å². The lowest BCUT2D eigenvalue weighted by molar-refractivity contribution is -0.137. The lowest BCUT2D eigenvalue weighted by Gasteiger charge is -2.41. The minimum Gasteiger partial charge on any atom is -0.426 e. The number of hydrogen-bond donors (Lipinski definition) is 4. The second-order valence-corrected chi connectivity index (χ2v) is 9.30. The molecule has 2 fully saturated rings. The summed E-state index contributed by atoms with van der Waals surface area (Å²) in [7, 11) is -1.72. The molecule has 1 aliphatic carbocycles. The van der Waals surface area contributed by atoms with E-state index >= 15 is 0 Å². The van der Waals surface area contributed by atoms with Crippen molar-refractivity contribution in [1.29, 1.82) is 0 Å². The zero-order valence-corrected chi connectivity index (χ0v) is 18.7. The van der Waals surface area contributed by atoms with Crippen molar-refractivity contribution in [3.05, 3.63) is 23.9 Å². The molecule has 1 aliphatic heterocycles. The normalized spacial score (nSPS) is 20.1. The molecule has 2 amide bonds. The number of halogens is 3. The fourth-order valence-electron chi connectivity index (χ4n) is 3.89. The number of amides is 2. The van der Waals surface area contributed by atoms with Gasteiger partial charge in [-0.15, -0.1) is 0 Å².